The second-order valence-corrected chi connectivity index (χ2v) is 6.11. The molecule has 0 unspecified atom stereocenters. The van der Waals surface area contributed by atoms with Gasteiger partial charge >= 0.3 is 0 Å². The van der Waals surface area contributed by atoms with Crippen molar-refractivity contribution in [1.82, 2.24) is 20.2 Å². The van der Waals surface area contributed by atoms with Gasteiger partial charge in [-0.05, 0) is 30.7 Å². The third kappa shape index (κ3) is 3.30. The normalized spacial score (nSPS) is 15.5. The topological polar surface area (TPSA) is 78.1 Å². The number of nitrogens with one attached hydrogen (secondary N) is 2. The molecule has 1 aliphatic rings. The maximum atomic E-state index is 12.0. The van der Waals surface area contributed by atoms with Crippen molar-refractivity contribution in [3.63, 3.8) is 0 Å². The molecule has 7 heteroatoms. The molecule has 1 amide bonds. The van der Waals surface area contributed by atoms with E-state index in [1.54, 1.807) is 0 Å². The molecule has 1 saturated heterocycles. The molecule has 0 atom stereocenters. The van der Waals surface area contributed by atoms with Crippen molar-refractivity contribution in [3.05, 3.63) is 27.6 Å². The molecule has 0 bridgehead atoms. The molecule has 1 aliphatic heterocycles. The van der Waals surface area contributed by atoms with E-state index in [1.165, 1.54) is 17.8 Å². The third-order valence-electron chi connectivity index (χ3n) is 3.64. The van der Waals surface area contributed by atoms with Crippen molar-refractivity contribution < 1.29 is 4.79 Å². The lowest BCUT2D eigenvalue weighted by Gasteiger charge is -2.26. The first-order chi connectivity index (χ1) is 10.2. The molecule has 0 spiro atoms. The summed E-state index contributed by atoms with van der Waals surface area (Å²) >= 11 is 1.38. The number of aromatic amines is 1. The van der Waals surface area contributed by atoms with Crippen LogP contribution in [0.25, 0.3) is 10.2 Å². The van der Waals surface area contributed by atoms with Gasteiger partial charge in [-0.3, -0.25) is 9.59 Å². The number of nitrogens with zero attached hydrogens (tertiary/aromatic N) is 2. The molecular weight excluding hydrogens is 288 g/mol. The van der Waals surface area contributed by atoms with Crippen molar-refractivity contribution >= 4 is 27.5 Å². The monoisotopic (exact) mass is 306 g/mol. The van der Waals surface area contributed by atoms with E-state index in [9.17, 15) is 9.59 Å². The van der Waals surface area contributed by atoms with Crippen molar-refractivity contribution in [2.24, 2.45) is 0 Å². The number of aromatic nitrogens is 2. The Hall–Kier alpha value is -1.73. The van der Waals surface area contributed by atoms with E-state index in [0.717, 1.165) is 25.9 Å². The zero-order valence-corrected chi connectivity index (χ0v) is 12.5. The number of fused-ring (bicyclic) bond motifs is 1. The molecular formula is C14H18N4O2S. The number of amides is 1. The summed E-state index contributed by atoms with van der Waals surface area (Å²) in [7, 11) is 0. The maximum absolute atomic E-state index is 12.0. The van der Waals surface area contributed by atoms with Gasteiger partial charge < -0.3 is 15.2 Å². The number of rotatable bonds is 4. The Labute approximate surface area is 126 Å². The van der Waals surface area contributed by atoms with Gasteiger partial charge in [0.2, 0.25) is 5.91 Å². The summed E-state index contributed by atoms with van der Waals surface area (Å²) in [6, 6.07) is 1.83. The second-order valence-electron chi connectivity index (χ2n) is 5.19. The minimum Gasteiger partial charge on any atom is -0.342 e. The Morgan fingerprint density at radius 1 is 1.38 bits per heavy atom. The lowest BCUT2D eigenvalue weighted by atomic mass is 10.1. The van der Waals surface area contributed by atoms with E-state index in [0.29, 0.717) is 22.6 Å². The van der Waals surface area contributed by atoms with E-state index in [4.69, 9.17) is 0 Å². The van der Waals surface area contributed by atoms with Crippen LogP contribution in [0.2, 0.25) is 0 Å². The van der Waals surface area contributed by atoms with E-state index < -0.39 is 0 Å². The number of carbonyl (C=O) groups excluding carboxylic acids is 1. The van der Waals surface area contributed by atoms with Crippen LogP contribution in [-0.4, -0.2) is 40.4 Å². The smallest absolute Gasteiger partial charge is 0.268 e. The molecule has 0 aromatic carbocycles. The minimum absolute atomic E-state index is 0.117. The second kappa shape index (κ2) is 6.36. The zero-order valence-electron chi connectivity index (χ0n) is 11.7. The van der Waals surface area contributed by atoms with Crippen LogP contribution in [0.1, 0.15) is 25.1 Å². The average molecular weight is 306 g/mol. The highest BCUT2D eigenvalue weighted by molar-refractivity contribution is 7.17. The van der Waals surface area contributed by atoms with Gasteiger partial charge in [0.05, 0.1) is 18.6 Å². The maximum Gasteiger partial charge on any atom is 0.268 e. The standard InChI is InChI=1S/C14H18N4O2S/c19-12(18-5-2-1-3-6-18)9-15-8-11-16-10-4-7-21-13(10)14(20)17-11/h4,7,15H,1-3,5-6,8-9H2,(H,16,17,20). The Kier molecular flexibility index (Phi) is 4.31. The van der Waals surface area contributed by atoms with Crippen LogP contribution < -0.4 is 10.9 Å². The van der Waals surface area contributed by atoms with Gasteiger partial charge in [-0.15, -0.1) is 11.3 Å². The predicted molar refractivity (Wildman–Crippen MR) is 82.4 cm³/mol. The van der Waals surface area contributed by atoms with E-state index in [-0.39, 0.29) is 18.0 Å². The van der Waals surface area contributed by atoms with E-state index in [1.807, 2.05) is 16.3 Å². The number of hydrogen-bond donors (Lipinski definition) is 2. The third-order valence-corrected chi connectivity index (χ3v) is 4.54. The number of piperidine rings is 1. The van der Waals surface area contributed by atoms with Crippen LogP contribution in [0, 0.1) is 0 Å². The number of likely N-dealkylation sites (tertiary alicyclic amines) is 1. The first-order valence-electron chi connectivity index (χ1n) is 7.19. The summed E-state index contributed by atoms with van der Waals surface area (Å²) in [6.07, 6.45) is 3.40. The molecule has 2 aromatic heterocycles. The van der Waals surface area contributed by atoms with Gasteiger partial charge in [0.15, 0.2) is 0 Å². The molecule has 3 heterocycles. The van der Waals surface area contributed by atoms with E-state index in [2.05, 4.69) is 15.3 Å². The molecule has 0 saturated carbocycles. The van der Waals surface area contributed by atoms with Crippen molar-refractivity contribution in [2.45, 2.75) is 25.8 Å². The summed E-state index contributed by atoms with van der Waals surface area (Å²) in [5.74, 6) is 0.686. The summed E-state index contributed by atoms with van der Waals surface area (Å²) < 4.78 is 0.642. The Balaban J connectivity index is 1.56. The van der Waals surface area contributed by atoms with Gasteiger partial charge in [0.25, 0.3) is 5.56 Å². The SMILES string of the molecule is O=C(CNCc1nc2ccsc2c(=O)[nH]1)N1CCCCC1. The molecule has 2 aromatic rings. The summed E-state index contributed by atoms with van der Waals surface area (Å²) in [6.45, 7) is 2.39. The van der Waals surface area contributed by atoms with Crippen LogP contribution in [0.15, 0.2) is 16.2 Å². The lowest BCUT2D eigenvalue weighted by molar-refractivity contribution is -0.131. The van der Waals surface area contributed by atoms with Gasteiger partial charge in [-0.2, -0.15) is 0 Å². The molecule has 2 N–H and O–H groups in total. The van der Waals surface area contributed by atoms with Gasteiger partial charge in [0, 0.05) is 13.1 Å². The van der Waals surface area contributed by atoms with Crippen LogP contribution in [0.4, 0.5) is 0 Å². The van der Waals surface area contributed by atoms with Crippen LogP contribution in [-0.2, 0) is 11.3 Å². The van der Waals surface area contributed by atoms with Crippen molar-refractivity contribution in [2.75, 3.05) is 19.6 Å². The predicted octanol–water partition coefficient (Wildman–Crippen LogP) is 1.09. The molecule has 6 nitrogen and oxygen atoms in total. The highest BCUT2D eigenvalue weighted by atomic mass is 32.1. The summed E-state index contributed by atoms with van der Waals surface area (Å²) in [4.78, 5) is 32.8. The first kappa shape index (κ1) is 14.2. The molecule has 3 rings (SSSR count). The lowest BCUT2D eigenvalue weighted by Crippen LogP contribution is -2.41. The fourth-order valence-corrected chi connectivity index (χ4v) is 3.27. The van der Waals surface area contributed by atoms with Crippen LogP contribution in [0.3, 0.4) is 0 Å². The van der Waals surface area contributed by atoms with Crippen molar-refractivity contribution in [1.29, 1.82) is 0 Å². The Morgan fingerprint density at radius 2 is 2.19 bits per heavy atom. The quantitative estimate of drug-likeness (QED) is 0.886. The number of carbonyl (C=O) groups is 1. The van der Waals surface area contributed by atoms with Gasteiger partial charge in [-0.1, -0.05) is 0 Å². The van der Waals surface area contributed by atoms with Gasteiger partial charge in [-0.25, -0.2) is 4.98 Å². The summed E-state index contributed by atoms with van der Waals surface area (Å²) in [5.41, 5.74) is 0.595. The van der Waals surface area contributed by atoms with E-state index >= 15 is 0 Å². The number of H-pyrrole nitrogens is 1. The van der Waals surface area contributed by atoms with Crippen LogP contribution in [0.5, 0.6) is 0 Å². The fourth-order valence-electron chi connectivity index (χ4n) is 2.55. The number of hydrogen-bond acceptors (Lipinski definition) is 5. The Morgan fingerprint density at radius 3 is 3.00 bits per heavy atom. The molecule has 21 heavy (non-hydrogen) atoms. The average Bonchev–Trinajstić information content (AvgIpc) is 2.97. The molecule has 0 aliphatic carbocycles. The zero-order chi connectivity index (χ0) is 14.7. The minimum atomic E-state index is -0.117. The molecule has 1 fully saturated rings. The molecule has 112 valence electrons. The van der Waals surface area contributed by atoms with Gasteiger partial charge in [0.1, 0.15) is 10.5 Å². The summed E-state index contributed by atoms with van der Waals surface area (Å²) in [5, 5.41) is 4.91. The first-order valence-corrected chi connectivity index (χ1v) is 8.07. The Bertz CT molecular complexity index is 688. The number of thiophene rings is 1. The van der Waals surface area contributed by atoms with Crippen molar-refractivity contribution in [3.8, 4) is 0 Å². The molecule has 0 radical (unpaired) electrons. The highest BCUT2D eigenvalue weighted by Crippen LogP contribution is 2.13. The van der Waals surface area contributed by atoms with Crippen LogP contribution >= 0.6 is 11.3 Å². The highest BCUT2D eigenvalue weighted by Gasteiger charge is 2.15. The largest absolute Gasteiger partial charge is 0.342 e. The fraction of sp³-hybridized carbons (Fsp3) is 0.500.